The van der Waals surface area contributed by atoms with Gasteiger partial charge in [-0.05, 0) is 61.5 Å². The number of pyridine rings is 1. The molecule has 0 atom stereocenters. The van der Waals surface area contributed by atoms with Gasteiger partial charge in [-0.2, -0.15) is 13.2 Å². The second-order valence-electron chi connectivity index (χ2n) is 10.2. The van der Waals surface area contributed by atoms with Gasteiger partial charge in [-0.15, -0.1) is 11.8 Å². The molecule has 6 nitrogen and oxygen atoms in total. The lowest BCUT2D eigenvalue weighted by Gasteiger charge is -2.21. The molecule has 2 aromatic carbocycles. The van der Waals surface area contributed by atoms with Crippen molar-refractivity contribution >= 4 is 40.1 Å². The molecule has 0 bridgehead atoms. The summed E-state index contributed by atoms with van der Waals surface area (Å²) in [7, 11) is 0. The summed E-state index contributed by atoms with van der Waals surface area (Å²) in [6.45, 7) is 12.0. The quantitative estimate of drug-likeness (QED) is 0.156. The van der Waals surface area contributed by atoms with Crippen LogP contribution in [-0.2, 0) is 19.3 Å². The van der Waals surface area contributed by atoms with Crippen molar-refractivity contribution in [2.24, 2.45) is 0 Å². The van der Waals surface area contributed by atoms with E-state index in [1.807, 2.05) is 50.2 Å². The third-order valence-corrected chi connectivity index (χ3v) is 8.08. The Morgan fingerprint density at radius 2 is 1.83 bits per heavy atom. The standard InChI is InChI=1S/C31H36F3N5OS/c1-6-39(7-2)18-22-10-9-21(14-26(22)31(32,33)34)30(40)38-24-11-8-20(5)27(15-24)36-16-23-17-37-29-25(12-13-35-29)28(23)41-19(3)4/h8-15,17,19,36H,6-7,16,18H2,1-5H3,(H,35,37)(H,38,40). The minimum Gasteiger partial charge on any atom is -0.381 e. The molecule has 0 fully saturated rings. The Morgan fingerprint density at radius 3 is 2.51 bits per heavy atom. The number of rotatable bonds is 11. The fourth-order valence-electron chi connectivity index (χ4n) is 4.62. The summed E-state index contributed by atoms with van der Waals surface area (Å²) >= 11 is 1.78. The number of benzene rings is 2. The molecule has 2 aromatic heterocycles. The third-order valence-electron chi connectivity index (χ3n) is 6.90. The molecule has 0 unspecified atom stereocenters. The smallest absolute Gasteiger partial charge is 0.381 e. The highest BCUT2D eigenvalue weighted by molar-refractivity contribution is 8.00. The number of hydrogen-bond donors (Lipinski definition) is 3. The minimum absolute atomic E-state index is 0.0445. The molecule has 2 heterocycles. The Labute approximate surface area is 243 Å². The van der Waals surface area contributed by atoms with Crippen molar-refractivity contribution in [3.63, 3.8) is 0 Å². The van der Waals surface area contributed by atoms with Gasteiger partial charge in [0.1, 0.15) is 5.65 Å². The predicted octanol–water partition coefficient (Wildman–Crippen LogP) is 8.10. The first-order chi connectivity index (χ1) is 19.5. The molecule has 0 radical (unpaired) electrons. The van der Waals surface area contributed by atoms with Crippen LogP contribution in [0.5, 0.6) is 0 Å². The number of aromatic amines is 1. The van der Waals surface area contributed by atoms with Crippen LogP contribution in [0.1, 0.15) is 60.3 Å². The van der Waals surface area contributed by atoms with Gasteiger partial charge in [-0.3, -0.25) is 9.69 Å². The maximum atomic E-state index is 13.9. The number of carbonyl (C=O) groups is 1. The number of amides is 1. The third kappa shape index (κ3) is 7.42. The van der Waals surface area contributed by atoms with Gasteiger partial charge in [0.25, 0.3) is 5.91 Å². The minimum atomic E-state index is -4.56. The number of aryl methyl sites for hydroxylation is 1. The van der Waals surface area contributed by atoms with E-state index in [-0.39, 0.29) is 17.7 Å². The van der Waals surface area contributed by atoms with Crippen molar-refractivity contribution in [1.82, 2.24) is 14.9 Å². The predicted molar refractivity (Wildman–Crippen MR) is 162 cm³/mol. The average molecular weight is 584 g/mol. The van der Waals surface area contributed by atoms with Crippen LogP contribution in [0, 0.1) is 6.92 Å². The molecule has 4 rings (SSSR count). The van der Waals surface area contributed by atoms with E-state index in [4.69, 9.17) is 0 Å². The second-order valence-corrected chi connectivity index (χ2v) is 11.8. The lowest BCUT2D eigenvalue weighted by atomic mass is 10.0. The summed E-state index contributed by atoms with van der Waals surface area (Å²) in [5.41, 5.74) is 3.48. The van der Waals surface area contributed by atoms with E-state index in [0.717, 1.165) is 38.8 Å². The van der Waals surface area contributed by atoms with E-state index < -0.39 is 17.6 Å². The number of fused-ring (bicyclic) bond motifs is 1. The van der Waals surface area contributed by atoms with Crippen LogP contribution in [0.15, 0.2) is 59.8 Å². The normalized spacial score (nSPS) is 12.0. The van der Waals surface area contributed by atoms with Gasteiger partial charge >= 0.3 is 6.18 Å². The summed E-state index contributed by atoms with van der Waals surface area (Å²) in [6, 6.07) is 11.2. The Kier molecular flexibility index (Phi) is 9.65. The Hall–Kier alpha value is -3.50. The first-order valence-electron chi connectivity index (χ1n) is 13.7. The van der Waals surface area contributed by atoms with Gasteiger partial charge in [0.15, 0.2) is 0 Å². The molecule has 218 valence electrons. The van der Waals surface area contributed by atoms with Gasteiger partial charge in [0.2, 0.25) is 0 Å². The fraction of sp³-hybridized carbons (Fsp3) is 0.355. The second kappa shape index (κ2) is 13.0. The zero-order chi connectivity index (χ0) is 29.7. The molecular formula is C31H36F3N5OS. The van der Waals surface area contributed by atoms with Crippen LogP contribution in [-0.4, -0.2) is 39.1 Å². The molecule has 0 spiro atoms. The number of H-pyrrole nitrogens is 1. The zero-order valence-corrected chi connectivity index (χ0v) is 24.8. The Balaban J connectivity index is 1.53. The first-order valence-corrected chi connectivity index (χ1v) is 14.6. The SMILES string of the molecule is CCN(CC)Cc1ccc(C(=O)Nc2ccc(C)c(NCc3cnc4[nH]ccc4c3SC(C)C)c2)cc1C(F)(F)F. The number of anilines is 2. The summed E-state index contributed by atoms with van der Waals surface area (Å²) in [6.07, 6.45) is -0.823. The number of aromatic nitrogens is 2. The van der Waals surface area contributed by atoms with Crippen molar-refractivity contribution in [3.05, 3.63) is 82.7 Å². The highest BCUT2D eigenvalue weighted by Crippen LogP contribution is 2.35. The lowest BCUT2D eigenvalue weighted by molar-refractivity contribution is -0.138. The molecule has 0 aliphatic heterocycles. The summed E-state index contributed by atoms with van der Waals surface area (Å²) < 4.78 is 41.7. The number of carbonyl (C=O) groups excluding carboxylic acids is 1. The number of thioether (sulfide) groups is 1. The maximum absolute atomic E-state index is 13.9. The van der Waals surface area contributed by atoms with Crippen LogP contribution < -0.4 is 10.6 Å². The fourth-order valence-corrected chi connectivity index (χ4v) is 5.66. The van der Waals surface area contributed by atoms with Gasteiger partial charge in [0, 0.05) is 63.5 Å². The van der Waals surface area contributed by atoms with E-state index in [0.29, 0.717) is 30.6 Å². The van der Waals surface area contributed by atoms with E-state index in [1.54, 1.807) is 23.9 Å². The lowest BCUT2D eigenvalue weighted by Crippen LogP contribution is -2.24. The molecule has 10 heteroatoms. The Morgan fingerprint density at radius 1 is 1.07 bits per heavy atom. The molecule has 3 N–H and O–H groups in total. The van der Waals surface area contributed by atoms with Crippen molar-refractivity contribution in [2.45, 2.75) is 64.0 Å². The van der Waals surface area contributed by atoms with Crippen molar-refractivity contribution in [2.75, 3.05) is 23.7 Å². The Bertz CT molecular complexity index is 1510. The molecule has 0 aliphatic carbocycles. The van der Waals surface area contributed by atoms with Gasteiger partial charge in [0.05, 0.1) is 5.56 Å². The van der Waals surface area contributed by atoms with Crippen LogP contribution in [0.3, 0.4) is 0 Å². The van der Waals surface area contributed by atoms with Gasteiger partial charge < -0.3 is 15.6 Å². The van der Waals surface area contributed by atoms with Crippen LogP contribution >= 0.6 is 11.8 Å². The van der Waals surface area contributed by atoms with E-state index in [2.05, 4.69) is 34.4 Å². The molecule has 41 heavy (non-hydrogen) atoms. The van der Waals surface area contributed by atoms with Crippen LogP contribution in [0.4, 0.5) is 24.5 Å². The number of alkyl halides is 3. The van der Waals surface area contributed by atoms with E-state index >= 15 is 0 Å². The molecular weight excluding hydrogens is 547 g/mol. The van der Waals surface area contributed by atoms with Crippen molar-refractivity contribution in [1.29, 1.82) is 0 Å². The largest absolute Gasteiger partial charge is 0.416 e. The summed E-state index contributed by atoms with van der Waals surface area (Å²) in [4.78, 5) is 23.8. The average Bonchev–Trinajstić information content (AvgIpc) is 3.41. The van der Waals surface area contributed by atoms with Crippen LogP contribution in [0.25, 0.3) is 11.0 Å². The van der Waals surface area contributed by atoms with Crippen LogP contribution in [0.2, 0.25) is 0 Å². The zero-order valence-electron chi connectivity index (χ0n) is 23.9. The monoisotopic (exact) mass is 583 g/mol. The highest BCUT2D eigenvalue weighted by Gasteiger charge is 2.34. The molecule has 1 amide bonds. The van der Waals surface area contributed by atoms with Gasteiger partial charge in [-0.25, -0.2) is 4.98 Å². The van der Waals surface area contributed by atoms with E-state index in [9.17, 15) is 18.0 Å². The first kappa shape index (κ1) is 30.5. The number of halogens is 3. The van der Waals surface area contributed by atoms with Crippen molar-refractivity contribution < 1.29 is 18.0 Å². The van der Waals surface area contributed by atoms with Crippen molar-refractivity contribution in [3.8, 4) is 0 Å². The maximum Gasteiger partial charge on any atom is 0.416 e. The van der Waals surface area contributed by atoms with E-state index in [1.165, 1.54) is 12.1 Å². The molecule has 0 aliphatic rings. The molecule has 0 saturated heterocycles. The summed E-state index contributed by atoms with van der Waals surface area (Å²) in [5, 5.41) is 7.68. The number of hydrogen-bond acceptors (Lipinski definition) is 5. The molecule has 0 saturated carbocycles. The number of nitrogens with zero attached hydrogens (tertiary/aromatic N) is 2. The summed E-state index contributed by atoms with van der Waals surface area (Å²) in [5.74, 6) is -0.600. The van der Waals surface area contributed by atoms with Gasteiger partial charge in [-0.1, -0.05) is 39.8 Å². The highest BCUT2D eigenvalue weighted by atomic mass is 32.2. The number of nitrogens with one attached hydrogen (secondary N) is 3. The molecule has 4 aromatic rings. The topological polar surface area (TPSA) is 73.1 Å².